The van der Waals surface area contributed by atoms with Crippen molar-refractivity contribution >= 4 is 44.1 Å². The molecule has 0 saturated heterocycles. The van der Waals surface area contributed by atoms with Crippen LogP contribution in [0.2, 0.25) is 0 Å². The number of fused-ring (bicyclic) bond motifs is 7. The summed E-state index contributed by atoms with van der Waals surface area (Å²) in [5, 5.41) is 2.00. The van der Waals surface area contributed by atoms with Crippen LogP contribution < -0.4 is 10.9 Å². The summed E-state index contributed by atoms with van der Waals surface area (Å²) in [6, 6.07) is 18.1. The molecule has 0 spiro atoms. The van der Waals surface area contributed by atoms with Crippen LogP contribution in [0.4, 0.5) is 0 Å². The molecule has 0 atom stereocenters. The van der Waals surface area contributed by atoms with Gasteiger partial charge in [0.25, 0.3) is 0 Å². The number of hydrogen-bond acceptors (Lipinski definition) is 6. The van der Waals surface area contributed by atoms with Crippen LogP contribution in [-0.4, -0.2) is 9.97 Å². The highest BCUT2D eigenvalue weighted by Gasteiger charge is 2.24. The van der Waals surface area contributed by atoms with Gasteiger partial charge in [0.05, 0.1) is 32.9 Å². The average molecular weight is 418 g/mol. The maximum absolute atomic E-state index is 13.0. The van der Waals surface area contributed by atoms with Crippen LogP contribution in [0.1, 0.15) is 11.1 Å². The van der Waals surface area contributed by atoms with Crippen molar-refractivity contribution in [2.45, 2.75) is 12.8 Å². The Morgan fingerprint density at radius 2 is 1.03 bits per heavy atom. The molecule has 6 nitrogen and oxygen atoms in total. The maximum Gasteiger partial charge on any atom is 0.231 e. The molecule has 0 bridgehead atoms. The van der Waals surface area contributed by atoms with Gasteiger partial charge in [0.2, 0.25) is 22.3 Å². The third kappa shape index (κ3) is 2.29. The van der Waals surface area contributed by atoms with Crippen molar-refractivity contribution in [2.24, 2.45) is 0 Å². The van der Waals surface area contributed by atoms with Crippen LogP contribution in [-0.2, 0) is 12.8 Å². The van der Waals surface area contributed by atoms with Gasteiger partial charge in [-0.3, -0.25) is 9.59 Å². The Morgan fingerprint density at radius 3 is 1.50 bits per heavy atom. The lowest BCUT2D eigenvalue weighted by Gasteiger charge is -2.18. The molecule has 2 aromatic carbocycles. The Kier molecular flexibility index (Phi) is 3.31. The van der Waals surface area contributed by atoms with Gasteiger partial charge < -0.3 is 8.83 Å². The number of nitrogens with zero attached hydrogens (tertiary/aromatic N) is 2. The zero-order valence-corrected chi connectivity index (χ0v) is 16.7. The van der Waals surface area contributed by atoms with Gasteiger partial charge in [0.15, 0.2) is 0 Å². The van der Waals surface area contributed by atoms with Gasteiger partial charge in [0, 0.05) is 0 Å². The summed E-state index contributed by atoms with van der Waals surface area (Å²) in [5.74, 6) is 0. The monoisotopic (exact) mass is 418 g/mol. The molecular formula is C26H14N2O4. The number of benzene rings is 2. The molecule has 0 radical (unpaired) electrons. The quantitative estimate of drug-likeness (QED) is 0.331. The molecule has 6 aromatic rings. The van der Waals surface area contributed by atoms with Crippen molar-refractivity contribution in [1.29, 1.82) is 0 Å². The van der Waals surface area contributed by atoms with E-state index in [1.165, 1.54) is 0 Å². The first-order valence-corrected chi connectivity index (χ1v) is 10.4. The van der Waals surface area contributed by atoms with E-state index in [4.69, 9.17) is 18.8 Å². The first-order chi connectivity index (χ1) is 15.7. The lowest BCUT2D eigenvalue weighted by atomic mass is 9.91. The van der Waals surface area contributed by atoms with Gasteiger partial charge in [0.1, 0.15) is 11.2 Å². The summed E-state index contributed by atoms with van der Waals surface area (Å²) in [5.41, 5.74) is 4.56. The molecule has 4 aromatic heterocycles. The molecule has 7 rings (SSSR count). The Hall–Kier alpha value is -4.32. The van der Waals surface area contributed by atoms with E-state index < -0.39 is 0 Å². The highest BCUT2D eigenvalue weighted by atomic mass is 16.3. The van der Waals surface area contributed by atoms with Gasteiger partial charge in [-0.15, -0.1) is 0 Å². The number of aryl methyl sites for hydroxylation is 2. The fourth-order valence-electron chi connectivity index (χ4n) is 4.60. The molecule has 1 aliphatic carbocycles. The fraction of sp³-hybridized carbons (Fsp3) is 0.0769. The van der Waals surface area contributed by atoms with Crippen LogP contribution in [0.3, 0.4) is 0 Å². The smallest absolute Gasteiger partial charge is 0.231 e. The van der Waals surface area contributed by atoms with Crippen molar-refractivity contribution in [3.8, 4) is 11.4 Å². The van der Waals surface area contributed by atoms with Crippen molar-refractivity contribution in [3.63, 3.8) is 0 Å². The number of hydrogen-bond donors (Lipinski definition) is 0. The van der Waals surface area contributed by atoms with Crippen LogP contribution in [0, 0.1) is 0 Å². The highest BCUT2D eigenvalue weighted by molar-refractivity contribution is 5.92. The Bertz CT molecular complexity index is 1740. The maximum atomic E-state index is 13.0. The van der Waals surface area contributed by atoms with E-state index in [1.54, 1.807) is 24.3 Å². The summed E-state index contributed by atoms with van der Waals surface area (Å²) >= 11 is 0. The normalized spacial score (nSPS) is 13.0. The second-order valence-corrected chi connectivity index (χ2v) is 8.05. The van der Waals surface area contributed by atoms with Crippen LogP contribution in [0.15, 0.2) is 79.1 Å². The van der Waals surface area contributed by atoms with Crippen molar-refractivity contribution in [1.82, 2.24) is 9.97 Å². The molecule has 0 unspecified atom stereocenters. The number of rotatable bonds is 0. The van der Waals surface area contributed by atoms with Crippen molar-refractivity contribution in [3.05, 3.63) is 92.2 Å². The predicted octanol–water partition coefficient (Wildman–Crippen LogP) is 4.76. The third-order valence-corrected chi connectivity index (χ3v) is 6.19. The molecule has 4 heterocycles. The standard InChI is InChI=1S/C26H14N2O4/c29-23-15-5-1-3-7-19(15)31-25-17(23)11-13-9-10-14-12-18-24(30)16-6-2-4-8-20(16)32-26(18)28-22(14)21(13)27-25/h1-8,11-12H,9-10H2. The summed E-state index contributed by atoms with van der Waals surface area (Å²) in [4.78, 5) is 35.4. The van der Waals surface area contributed by atoms with E-state index >= 15 is 0 Å². The average Bonchev–Trinajstić information content (AvgIpc) is 2.83. The molecule has 1 aliphatic rings. The number of aromatic nitrogens is 2. The van der Waals surface area contributed by atoms with E-state index in [0.29, 0.717) is 56.9 Å². The fourth-order valence-corrected chi connectivity index (χ4v) is 4.60. The van der Waals surface area contributed by atoms with Gasteiger partial charge in [-0.1, -0.05) is 24.3 Å². The van der Waals surface area contributed by atoms with Crippen molar-refractivity contribution < 1.29 is 8.83 Å². The molecule has 0 N–H and O–H groups in total. The van der Waals surface area contributed by atoms with Crippen LogP contribution in [0.5, 0.6) is 0 Å². The molecule has 0 amide bonds. The summed E-state index contributed by atoms with van der Waals surface area (Å²) in [7, 11) is 0. The predicted molar refractivity (Wildman–Crippen MR) is 122 cm³/mol. The Labute approximate surface area is 179 Å². The zero-order valence-electron chi connectivity index (χ0n) is 16.7. The van der Waals surface area contributed by atoms with Gasteiger partial charge in [-0.05, 0) is 60.4 Å². The van der Waals surface area contributed by atoms with Crippen molar-refractivity contribution in [2.75, 3.05) is 0 Å². The Balaban J connectivity index is 1.55. The third-order valence-electron chi connectivity index (χ3n) is 6.19. The Morgan fingerprint density at radius 1 is 0.594 bits per heavy atom. The van der Waals surface area contributed by atoms with Gasteiger partial charge in [-0.2, -0.15) is 0 Å². The minimum absolute atomic E-state index is 0.0908. The lowest BCUT2D eigenvalue weighted by Crippen LogP contribution is -2.12. The van der Waals surface area contributed by atoms with E-state index in [2.05, 4.69) is 0 Å². The minimum Gasteiger partial charge on any atom is -0.437 e. The number of para-hydroxylation sites is 2. The molecule has 0 fully saturated rings. The first-order valence-electron chi connectivity index (χ1n) is 10.4. The highest BCUT2D eigenvalue weighted by Crippen LogP contribution is 2.34. The second kappa shape index (κ2) is 6.11. The molecule has 0 saturated carbocycles. The van der Waals surface area contributed by atoms with E-state index in [1.807, 2.05) is 36.4 Å². The van der Waals surface area contributed by atoms with Crippen LogP contribution >= 0.6 is 0 Å². The minimum atomic E-state index is -0.0908. The van der Waals surface area contributed by atoms with E-state index in [0.717, 1.165) is 11.1 Å². The topological polar surface area (TPSA) is 86.2 Å². The first kappa shape index (κ1) is 17.4. The SMILES string of the molecule is O=c1c2ccccc2oc2nc3c(cc12)CCc1cc2c(=O)c4ccccc4oc2nc1-3. The summed E-state index contributed by atoms with van der Waals surface area (Å²) in [6.45, 7) is 0. The number of pyridine rings is 2. The lowest BCUT2D eigenvalue weighted by molar-refractivity contribution is 0.640. The molecule has 152 valence electrons. The second-order valence-electron chi connectivity index (χ2n) is 8.05. The summed E-state index contributed by atoms with van der Waals surface area (Å²) < 4.78 is 11.9. The van der Waals surface area contributed by atoms with Gasteiger partial charge >= 0.3 is 0 Å². The van der Waals surface area contributed by atoms with E-state index in [9.17, 15) is 9.59 Å². The molecule has 32 heavy (non-hydrogen) atoms. The van der Waals surface area contributed by atoms with Crippen LogP contribution in [0.25, 0.3) is 55.5 Å². The van der Waals surface area contributed by atoms with Gasteiger partial charge in [-0.25, -0.2) is 9.97 Å². The molecular weight excluding hydrogens is 404 g/mol. The summed E-state index contributed by atoms with van der Waals surface area (Å²) in [6.07, 6.45) is 1.40. The largest absolute Gasteiger partial charge is 0.437 e. The van der Waals surface area contributed by atoms with E-state index in [-0.39, 0.29) is 22.3 Å². The zero-order chi connectivity index (χ0) is 21.4. The molecule has 0 aliphatic heterocycles. The molecule has 6 heteroatoms.